The van der Waals surface area contributed by atoms with E-state index in [0.29, 0.717) is 13.0 Å². The predicted octanol–water partition coefficient (Wildman–Crippen LogP) is 4.02. The van der Waals surface area contributed by atoms with Gasteiger partial charge in [-0.1, -0.05) is 19.1 Å². The fourth-order valence-electron chi connectivity index (χ4n) is 3.10. The third kappa shape index (κ3) is 2.38. The van der Waals surface area contributed by atoms with Crippen LogP contribution in [0.15, 0.2) is 22.7 Å². The van der Waals surface area contributed by atoms with Gasteiger partial charge in [0.2, 0.25) is 0 Å². The number of halogens is 1. The average Bonchev–Trinajstić information content (AvgIpc) is 2.80. The van der Waals surface area contributed by atoms with Crippen LogP contribution in [0.4, 0.5) is 0 Å². The monoisotopic (exact) mass is 351 g/mol. The van der Waals surface area contributed by atoms with Crippen LogP contribution in [0.3, 0.4) is 0 Å². The summed E-state index contributed by atoms with van der Waals surface area (Å²) in [5.41, 5.74) is 3.10. The van der Waals surface area contributed by atoms with Gasteiger partial charge in [-0.15, -0.1) is 0 Å². The Bertz CT molecular complexity index is 694. The number of hydrogen-bond donors (Lipinski definition) is 1. The largest absolute Gasteiger partial charge is 0.427 e. The van der Waals surface area contributed by atoms with E-state index in [2.05, 4.69) is 33.9 Å². The van der Waals surface area contributed by atoms with Gasteiger partial charge in [-0.2, -0.15) is 0 Å². The summed E-state index contributed by atoms with van der Waals surface area (Å²) in [5, 5.41) is 1.16. The summed E-state index contributed by atoms with van der Waals surface area (Å²) in [4.78, 5) is 15.0. The van der Waals surface area contributed by atoms with Gasteiger partial charge in [0, 0.05) is 23.2 Å². The van der Waals surface area contributed by atoms with Crippen LogP contribution in [0, 0.1) is 0 Å². The summed E-state index contributed by atoms with van der Waals surface area (Å²) < 4.78 is 12.5. The van der Waals surface area contributed by atoms with Gasteiger partial charge < -0.3 is 14.5 Å². The second-order valence-electron chi connectivity index (χ2n) is 5.34. The van der Waals surface area contributed by atoms with Crippen molar-refractivity contribution in [3.63, 3.8) is 0 Å². The van der Waals surface area contributed by atoms with E-state index < -0.39 is 5.79 Å². The molecule has 3 rings (SSSR count). The molecule has 21 heavy (non-hydrogen) atoms. The highest BCUT2D eigenvalue weighted by Crippen LogP contribution is 2.42. The Hall–Kier alpha value is -1.33. The van der Waals surface area contributed by atoms with Gasteiger partial charge in [-0.3, -0.25) is 4.79 Å². The highest BCUT2D eigenvalue weighted by atomic mass is 79.9. The summed E-state index contributed by atoms with van der Waals surface area (Å²) >= 11 is 3.57. The zero-order valence-electron chi connectivity index (χ0n) is 12.2. The molecule has 0 aliphatic carbocycles. The molecule has 1 atom stereocenters. The molecule has 0 amide bonds. The molecule has 0 bridgehead atoms. The molecule has 4 nitrogen and oxygen atoms in total. The van der Waals surface area contributed by atoms with Crippen molar-refractivity contribution in [3.05, 3.63) is 33.9 Å². The van der Waals surface area contributed by atoms with Crippen LogP contribution in [0.25, 0.3) is 10.9 Å². The van der Waals surface area contributed by atoms with Crippen molar-refractivity contribution in [1.29, 1.82) is 0 Å². The number of fused-ring (bicyclic) bond motifs is 3. The van der Waals surface area contributed by atoms with Gasteiger partial charge in [-0.25, -0.2) is 0 Å². The van der Waals surface area contributed by atoms with Crippen LogP contribution < -0.4 is 0 Å². The Labute approximate surface area is 131 Å². The summed E-state index contributed by atoms with van der Waals surface area (Å²) in [6.45, 7) is 4.04. The van der Waals surface area contributed by atoms with E-state index in [1.165, 1.54) is 12.5 Å². The van der Waals surface area contributed by atoms with E-state index >= 15 is 0 Å². The van der Waals surface area contributed by atoms with Crippen LogP contribution in [0.1, 0.15) is 37.9 Å². The highest BCUT2D eigenvalue weighted by molar-refractivity contribution is 9.10. The van der Waals surface area contributed by atoms with Crippen LogP contribution in [0.5, 0.6) is 0 Å². The molecule has 5 heteroatoms. The number of ether oxygens (including phenoxy) is 2. The van der Waals surface area contributed by atoms with Gasteiger partial charge >= 0.3 is 5.97 Å². The van der Waals surface area contributed by atoms with Crippen molar-refractivity contribution in [2.24, 2.45) is 0 Å². The first-order chi connectivity index (χ1) is 10.1. The zero-order valence-corrected chi connectivity index (χ0v) is 13.7. The first-order valence-electron chi connectivity index (χ1n) is 7.20. The predicted molar refractivity (Wildman–Crippen MR) is 84.0 cm³/mol. The molecule has 0 saturated heterocycles. The third-order valence-electron chi connectivity index (χ3n) is 3.85. The van der Waals surface area contributed by atoms with E-state index in [1.54, 1.807) is 0 Å². The quantitative estimate of drug-likeness (QED) is 0.849. The van der Waals surface area contributed by atoms with Gasteiger partial charge in [0.25, 0.3) is 5.79 Å². The number of esters is 1. The van der Waals surface area contributed by atoms with Crippen molar-refractivity contribution in [1.82, 2.24) is 4.98 Å². The normalized spacial score (nSPS) is 21.3. The fraction of sp³-hybridized carbons (Fsp3) is 0.438. The number of aromatic amines is 1. The van der Waals surface area contributed by atoms with Crippen molar-refractivity contribution >= 4 is 32.8 Å². The molecule has 0 saturated carbocycles. The van der Waals surface area contributed by atoms with Crippen LogP contribution in [0.2, 0.25) is 0 Å². The van der Waals surface area contributed by atoms with Gasteiger partial charge in [-0.05, 0) is 40.4 Å². The molecular weight excluding hydrogens is 334 g/mol. The Kier molecular flexibility index (Phi) is 3.80. The van der Waals surface area contributed by atoms with Crippen molar-refractivity contribution in [3.8, 4) is 0 Å². The Morgan fingerprint density at radius 1 is 1.52 bits per heavy atom. The van der Waals surface area contributed by atoms with Crippen molar-refractivity contribution in [2.45, 2.75) is 38.9 Å². The molecule has 0 spiro atoms. The van der Waals surface area contributed by atoms with Crippen molar-refractivity contribution < 1.29 is 14.3 Å². The summed E-state index contributed by atoms with van der Waals surface area (Å²) in [6, 6.07) is 6.10. The first kappa shape index (κ1) is 14.6. The lowest BCUT2D eigenvalue weighted by Crippen LogP contribution is -2.39. The maximum atomic E-state index is 11.6. The standard InChI is InChI=1S/C16H18BrNO3/c1-3-8-16(21-10(2)19)15-12(7-9-20-16)11-5-4-6-13(17)14(11)18-15/h4-6,18H,3,7-9H2,1-2H3. The highest BCUT2D eigenvalue weighted by Gasteiger charge is 2.43. The summed E-state index contributed by atoms with van der Waals surface area (Å²) in [7, 11) is 0. The fourth-order valence-corrected chi connectivity index (χ4v) is 3.57. The third-order valence-corrected chi connectivity index (χ3v) is 4.51. The Morgan fingerprint density at radius 3 is 3.05 bits per heavy atom. The smallest absolute Gasteiger partial charge is 0.305 e. The zero-order chi connectivity index (χ0) is 15.0. The lowest BCUT2D eigenvalue weighted by molar-refractivity contribution is -0.247. The molecule has 1 unspecified atom stereocenters. The Morgan fingerprint density at radius 2 is 2.33 bits per heavy atom. The number of aromatic nitrogens is 1. The molecule has 0 radical (unpaired) electrons. The van der Waals surface area contributed by atoms with E-state index in [0.717, 1.165) is 33.9 Å². The first-order valence-corrected chi connectivity index (χ1v) is 8.00. The molecule has 2 heterocycles. The number of H-pyrrole nitrogens is 1. The SMILES string of the molecule is CCCC1(OC(C)=O)OCCc2c1[nH]c1c(Br)cccc21. The number of para-hydroxylation sites is 1. The van der Waals surface area contributed by atoms with Crippen LogP contribution in [-0.4, -0.2) is 17.6 Å². The molecule has 1 aromatic carbocycles. The van der Waals surface area contributed by atoms with Crippen LogP contribution >= 0.6 is 15.9 Å². The number of nitrogens with one attached hydrogen (secondary N) is 1. The molecule has 1 aromatic heterocycles. The minimum atomic E-state index is -0.980. The van der Waals surface area contributed by atoms with E-state index in [1.807, 2.05) is 12.1 Å². The van der Waals surface area contributed by atoms with Gasteiger partial charge in [0.05, 0.1) is 17.8 Å². The molecule has 0 fully saturated rings. The maximum Gasteiger partial charge on any atom is 0.305 e. The topological polar surface area (TPSA) is 51.3 Å². The minimum Gasteiger partial charge on any atom is -0.427 e. The number of hydrogen-bond acceptors (Lipinski definition) is 3. The average molecular weight is 352 g/mol. The molecular formula is C16H18BrNO3. The number of carbonyl (C=O) groups is 1. The minimum absolute atomic E-state index is 0.325. The lowest BCUT2D eigenvalue weighted by Gasteiger charge is -2.36. The van der Waals surface area contributed by atoms with Crippen molar-refractivity contribution in [2.75, 3.05) is 6.61 Å². The van der Waals surface area contributed by atoms with E-state index in [9.17, 15) is 4.79 Å². The maximum absolute atomic E-state index is 11.6. The van der Waals surface area contributed by atoms with E-state index in [4.69, 9.17) is 9.47 Å². The number of carbonyl (C=O) groups excluding carboxylic acids is 1. The second kappa shape index (κ2) is 5.46. The Balaban J connectivity index is 2.22. The van der Waals surface area contributed by atoms with Crippen LogP contribution in [-0.2, 0) is 26.5 Å². The molecule has 2 aromatic rings. The van der Waals surface area contributed by atoms with Gasteiger partial charge in [0.15, 0.2) is 0 Å². The molecule has 112 valence electrons. The van der Waals surface area contributed by atoms with E-state index in [-0.39, 0.29) is 5.97 Å². The second-order valence-corrected chi connectivity index (χ2v) is 6.19. The molecule has 1 aliphatic heterocycles. The molecule has 1 aliphatic rings. The summed E-state index contributed by atoms with van der Waals surface area (Å²) in [6.07, 6.45) is 2.33. The van der Waals surface area contributed by atoms with Gasteiger partial charge in [0.1, 0.15) is 0 Å². The molecule has 1 N–H and O–H groups in total. The summed E-state index contributed by atoms with van der Waals surface area (Å²) in [5.74, 6) is -1.30. The lowest BCUT2D eigenvalue weighted by atomic mass is 9.97. The number of rotatable bonds is 3. The number of benzene rings is 1.